The van der Waals surface area contributed by atoms with Gasteiger partial charge >= 0.3 is 0 Å². The monoisotopic (exact) mass is 484 g/mol. The number of ether oxygens (including phenoxy) is 1. The van der Waals surface area contributed by atoms with Gasteiger partial charge in [-0.2, -0.15) is 0 Å². The molecule has 0 fully saturated rings. The number of halogens is 2. The molecule has 1 amide bonds. The summed E-state index contributed by atoms with van der Waals surface area (Å²) < 4.78 is 35.2. The number of carbonyl (C=O) groups excluding carboxylic acids is 1. The van der Waals surface area contributed by atoms with Crippen molar-refractivity contribution in [2.75, 3.05) is 26.8 Å². The highest BCUT2D eigenvalue weighted by Crippen LogP contribution is 2.39. The molecule has 0 aliphatic rings. The third-order valence-corrected chi connectivity index (χ3v) is 5.76. The summed E-state index contributed by atoms with van der Waals surface area (Å²) in [5.74, 6) is -0.0558. The lowest BCUT2D eigenvalue weighted by Gasteiger charge is -2.40. The molecule has 35 heavy (non-hydrogen) atoms. The maximum atomic E-state index is 14.6. The molecule has 0 saturated heterocycles. The number of hydrogen-bond donors (Lipinski definition) is 1. The number of methoxy groups -OCH3 is 1. The van der Waals surface area contributed by atoms with Crippen LogP contribution in [0.4, 0.5) is 8.78 Å². The number of amides is 1. The predicted molar refractivity (Wildman–Crippen MR) is 133 cm³/mol. The minimum Gasteiger partial charge on any atom is -0.375 e. The number of nitrogens with two attached hydrogens (primary N) is 1. The highest BCUT2D eigenvalue weighted by Gasteiger charge is 2.39. The highest BCUT2D eigenvalue weighted by atomic mass is 19.1. The molecule has 2 N–H and O–H groups in total. The molecule has 0 aliphatic heterocycles. The topological polar surface area (TPSA) is 73.4 Å². The molecule has 0 saturated carbocycles. The van der Waals surface area contributed by atoms with Crippen molar-refractivity contribution in [2.45, 2.75) is 39.5 Å². The zero-order chi connectivity index (χ0) is 25.6. The molecule has 0 radical (unpaired) electrons. The molecule has 2 aromatic carbocycles. The Labute approximate surface area is 205 Å². The summed E-state index contributed by atoms with van der Waals surface area (Å²) in [6, 6.07) is 15.4. The molecule has 0 spiro atoms. The Morgan fingerprint density at radius 3 is 2.37 bits per heavy atom. The van der Waals surface area contributed by atoms with E-state index >= 15 is 0 Å². The van der Waals surface area contributed by atoms with Gasteiger partial charge in [0.05, 0.1) is 18.3 Å². The Morgan fingerprint density at radius 2 is 1.80 bits per heavy atom. The van der Waals surface area contributed by atoms with E-state index in [0.29, 0.717) is 12.4 Å². The molecular formula is C27H34F2N4O2. The average Bonchev–Trinajstić information content (AvgIpc) is 3.22. The van der Waals surface area contributed by atoms with E-state index in [1.54, 1.807) is 12.1 Å². The summed E-state index contributed by atoms with van der Waals surface area (Å²) in [7, 11) is 1.43. The molecule has 0 unspecified atom stereocenters. The molecule has 3 aromatic rings. The Hall–Kier alpha value is -3.10. The van der Waals surface area contributed by atoms with E-state index in [0.717, 1.165) is 16.8 Å². The molecule has 6 nitrogen and oxygen atoms in total. The minimum absolute atomic E-state index is 0.176. The number of imidazole rings is 1. The van der Waals surface area contributed by atoms with Gasteiger partial charge in [-0.1, -0.05) is 63.2 Å². The lowest BCUT2D eigenvalue weighted by molar-refractivity contribution is -0.141. The van der Waals surface area contributed by atoms with Crippen LogP contribution in [0.3, 0.4) is 0 Å². The third kappa shape index (κ3) is 6.74. The minimum atomic E-state index is -1.39. The molecule has 0 bridgehead atoms. The second kappa shape index (κ2) is 11.6. The first-order chi connectivity index (χ1) is 16.6. The smallest absolute Gasteiger partial charge is 0.249 e. The van der Waals surface area contributed by atoms with Gasteiger partial charge in [-0.05, 0) is 23.1 Å². The van der Waals surface area contributed by atoms with E-state index < -0.39 is 17.6 Å². The lowest BCUT2D eigenvalue weighted by atomic mass is 9.84. The van der Waals surface area contributed by atoms with E-state index in [1.165, 1.54) is 24.1 Å². The quantitative estimate of drug-likeness (QED) is 0.457. The van der Waals surface area contributed by atoms with Crippen molar-refractivity contribution in [3.05, 3.63) is 78.0 Å². The summed E-state index contributed by atoms with van der Waals surface area (Å²) in [6.07, 6.45) is 0.525. The SMILES string of the molecule is COCC(=O)N(C[C@H](F)CN)[C@@H](c1nc(-c2ccccc2)cn1Cc1ccc(F)cc1)C(C)(C)C. The Kier molecular flexibility index (Phi) is 8.75. The first kappa shape index (κ1) is 26.5. The van der Waals surface area contributed by atoms with Crippen LogP contribution in [-0.2, 0) is 16.1 Å². The van der Waals surface area contributed by atoms with Gasteiger partial charge in [0.1, 0.15) is 24.4 Å². The van der Waals surface area contributed by atoms with E-state index in [9.17, 15) is 13.6 Å². The van der Waals surface area contributed by atoms with Crippen LogP contribution >= 0.6 is 0 Å². The van der Waals surface area contributed by atoms with Crippen LogP contribution in [0.5, 0.6) is 0 Å². The number of aromatic nitrogens is 2. The van der Waals surface area contributed by atoms with Gasteiger partial charge in [0, 0.05) is 32.0 Å². The molecule has 1 heterocycles. The van der Waals surface area contributed by atoms with Crippen molar-refractivity contribution in [1.29, 1.82) is 0 Å². The van der Waals surface area contributed by atoms with Crippen LogP contribution in [0.15, 0.2) is 60.8 Å². The van der Waals surface area contributed by atoms with E-state index in [-0.39, 0.29) is 31.4 Å². The summed E-state index contributed by atoms with van der Waals surface area (Å²) in [5.41, 5.74) is 7.59. The van der Waals surface area contributed by atoms with Crippen LogP contribution in [0, 0.1) is 11.2 Å². The van der Waals surface area contributed by atoms with E-state index in [2.05, 4.69) is 0 Å². The summed E-state index contributed by atoms with van der Waals surface area (Å²) in [5, 5.41) is 0. The van der Waals surface area contributed by atoms with Crippen molar-refractivity contribution in [2.24, 2.45) is 11.1 Å². The number of carbonyl (C=O) groups is 1. The van der Waals surface area contributed by atoms with E-state index in [1.807, 2.05) is 61.9 Å². The average molecular weight is 485 g/mol. The fraction of sp³-hybridized carbons (Fsp3) is 0.407. The first-order valence-electron chi connectivity index (χ1n) is 11.6. The van der Waals surface area contributed by atoms with Crippen molar-refractivity contribution >= 4 is 5.91 Å². The van der Waals surface area contributed by atoms with E-state index in [4.69, 9.17) is 15.5 Å². The molecule has 1 aromatic heterocycles. The largest absolute Gasteiger partial charge is 0.375 e. The van der Waals surface area contributed by atoms with Crippen molar-refractivity contribution in [1.82, 2.24) is 14.5 Å². The molecule has 8 heteroatoms. The van der Waals surface area contributed by atoms with Crippen molar-refractivity contribution < 1.29 is 18.3 Å². The Bertz CT molecular complexity index is 1090. The molecule has 188 valence electrons. The van der Waals surface area contributed by atoms with Gasteiger partial charge in [-0.3, -0.25) is 4.79 Å². The first-order valence-corrected chi connectivity index (χ1v) is 11.6. The fourth-order valence-corrected chi connectivity index (χ4v) is 4.15. The number of benzene rings is 2. The number of alkyl halides is 1. The number of hydrogen-bond acceptors (Lipinski definition) is 4. The molecule has 0 aliphatic carbocycles. The summed E-state index contributed by atoms with van der Waals surface area (Å²) >= 11 is 0. The van der Waals surface area contributed by atoms with Gasteiger partial charge < -0.3 is 19.9 Å². The van der Waals surface area contributed by atoms with Crippen molar-refractivity contribution in [3.63, 3.8) is 0 Å². The molecule has 3 rings (SSSR count). The zero-order valence-electron chi connectivity index (χ0n) is 20.7. The maximum absolute atomic E-state index is 14.6. The van der Waals surface area contributed by atoms with Crippen LogP contribution in [-0.4, -0.2) is 53.3 Å². The Morgan fingerprint density at radius 1 is 1.14 bits per heavy atom. The fourth-order valence-electron chi connectivity index (χ4n) is 4.15. The van der Waals surface area contributed by atoms with Gasteiger partial charge in [0.25, 0.3) is 0 Å². The Balaban J connectivity index is 2.16. The van der Waals surface area contributed by atoms with Crippen LogP contribution in [0.2, 0.25) is 0 Å². The van der Waals surface area contributed by atoms with Gasteiger partial charge in [0.2, 0.25) is 5.91 Å². The normalized spacial score (nSPS) is 13.5. The summed E-state index contributed by atoms with van der Waals surface area (Å²) in [4.78, 5) is 19.6. The molecular weight excluding hydrogens is 450 g/mol. The highest BCUT2D eigenvalue weighted by molar-refractivity contribution is 5.78. The second-order valence-corrected chi connectivity index (χ2v) is 9.69. The zero-order valence-corrected chi connectivity index (χ0v) is 20.7. The standard InChI is InChI=1S/C27H34F2N4O2/c1-27(2,3)25(33(16-22(29)14-30)24(34)18-35-4)26-31-23(20-8-6-5-7-9-20)17-32(26)15-19-10-12-21(28)13-11-19/h5-13,17,22,25H,14-16,18,30H2,1-4H3/t22-,25+/m1/s1. The van der Waals surface area contributed by atoms with Gasteiger partial charge in [0.15, 0.2) is 0 Å². The maximum Gasteiger partial charge on any atom is 0.249 e. The van der Waals surface area contributed by atoms with Crippen molar-refractivity contribution in [3.8, 4) is 11.3 Å². The summed E-state index contributed by atoms with van der Waals surface area (Å²) in [6.45, 7) is 5.80. The molecule has 2 atom stereocenters. The number of rotatable bonds is 10. The van der Waals surface area contributed by atoms with Crippen LogP contribution in [0.25, 0.3) is 11.3 Å². The number of nitrogens with zero attached hydrogens (tertiary/aromatic N) is 3. The lowest BCUT2D eigenvalue weighted by Crippen LogP contribution is -2.47. The third-order valence-electron chi connectivity index (χ3n) is 5.76. The predicted octanol–water partition coefficient (Wildman–Crippen LogP) is 4.60. The van der Waals surface area contributed by atoms with Crippen LogP contribution < -0.4 is 5.73 Å². The second-order valence-electron chi connectivity index (χ2n) is 9.69. The van der Waals surface area contributed by atoms with Crippen LogP contribution in [0.1, 0.15) is 38.2 Å². The van der Waals surface area contributed by atoms with Gasteiger partial charge in [-0.25, -0.2) is 13.8 Å². The van der Waals surface area contributed by atoms with Gasteiger partial charge in [-0.15, -0.1) is 0 Å².